The van der Waals surface area contributed by atoms with E-state index >= 15 is 0 Å². The first-order valence-electron chi connectivity index (χ1n) is 2.96. The minimum atomic E-state index is -2.55. The topological polar surface area (TPSA) is 12.9 Å². The third kappa shape index (κ3) is 1.74. The highest BCUT2D eigenvalue weighted by Crippen LogP contribution is 2.15. The number of terminal acetylenes is 1. The largest absolute Gasteiger partial charge is 0.280 e. The Morgan fingerprint density at radius 2 is 2.18 bits per heavy atom. The fourth-order valence-electron chi connectivity index (χ4n) is 0.653. The summed E-state index contributed by atoms with van der Waals surface area (Å²) < 4.78 is 23.9. The van der Waals surface area contributed by atoms with E-state index in [0.29, 0.717) is 0 Å². The molecule has 0 N–H and O–H groups in total. The molecule has 0 radical (unpaired) electrons. The van der Waals surface area contributed by atoms with E-state index in [1.807, 2.05) is 0 Å². The standard InChI is InChI=1S/C8H5F2N/c1-2-6-4-3-5-7(11-6)8(9)10/h1,3-5,8H. The smallest absolute Gasteiger partial charge is 0.238 e. The van der Waals surface area contributed by atoms with Crippen LogP contribution in [-0.4, -0.2) is 4.98 Å². The lowest BCUT2D eigenvalue weighted by Gasteiger charge is -1.96. The van der Waals surface area contributed by atoms with Gasteiger partial charge in [-0.1, -0.05) is 12.0 Å². The van der Waals surface area contributed by atoms with Crippen molar-refractivity contribution in [3.05, 3.63) is 29.6 Å². The van der Waals surface area contributed by atoms with Crippen molar-refractivity contribution < 1.29 is 8.78 Å². The monoisotopic (exact) mass is 153 g/mol. The van der Waals surface area contributed by atoms with Gasteiger partial charge in [-0.15, -0.1) is 6.42 Å². The highest BCUT2D eigenvalue weighted by Gasteiger charge is 2.07. The van der Waals surface area contributed by atoms with Crippen molar-refractivity contribution in [3.8, 4) is 12.3 Å². The molecule has 0 amide bonds. The number of hydrogen-bond donors (Lipinski definition) is 0. The molecular weight excluding hydrogens is 148 g/mol. The van der Waals surface area contributed by atoms with Crippen molar-refractivity contribution in [2.24, 2.45) is 0 Å². The van der Waals surface area contributed by atoms with Crippen LogP contribution in [0, 0.1) is 12.3 Å². The van der Waals surface area contributed by atoms with Gasteiger partial charge in [-0.3, -0.25) is 0 Å². The molecule has 1 aromatic rings. The summed E-state index contributed by atoms with van der Waals surface area (Å²) in [5.74, 6) is 2.18. The van der Waals surface area contributed by atoms with Gasteiger partial charge in [0.25, 0.3) is 6.43 Å². The molecule has 1 heterocycles. The van der Waals surface area contributed by atoms with Gasteiger partial charge >= 0.3 is 0 Å². The highest BCUT2D eigenvalue weighted by atomic mass is 19.3. The maximum absolute atomic E-state index is 12.0. The summed E-state index contributed by atoms with van der Waals surface area (Å²) >= 11 is 0. The highest BCUT2D eigenvalue weighted by molar-refractivity contribution is 5.25. The van der Waals surface area contributed by atoms with E-state index < -0.39 is 6.43 Å². The Morgan fingerprint density at radius 1 is 1.45 bits per heavy atom. The third-order valence-corrected chi connectivity index (χ3v) is 1.14. The molecule has 1 nitrogen and oxygen atoms in total. The molecule has 0 saturated heterocycles. The second kappa shape index (κ2) is 3.11. The first kappa shape index (κ1) is 7.67. The maximum Gasteiger partial charge on any atom is 0.280 e. The van der Waals surface area contributed by atoms with Crippen LogP contribution >= 0.6 is 0 Å². The van der Waals surface area contributed by atoms with Crippen molar-refractivity contribution in [2.75, 3.05) is 0 Å². The normalized spacial score (nSPS) is 9.64. The van der Waals surface area contributed by atoms with E-state index in [0.717, 1.165) is 0 Å². The lowest BCUT2D eigenvalue weighted by Crippen LogP contribution is -1.91. The van der Waals surface area contributed by atoms with Crippen LogP contribution < -0.4 is 0 Å². The fraction of sp³-hybridized carbons (Fsp3) is 0.125. The minimum absolute atomic E-state index is 0.239. The quantitative estimate of drug-likeness (QED) is 0.562. The second-order valence-corrected chi connectivity index (χ2v) is 1.89. The molecule has 0 aliphatic heterocycles. The molecular formula is C8H5F2N. The second-order valence-electron chi connectivity index (χ2n) is 1.89. The Labute approximate surface area is 63.1 Å². The molecule has 0 spiro atoms. The van der Waals surface area contributed by atoms with E-state index in [-0.39, 0.29) is 11.4 Å². The predicted molar refractivity (Wildman–Crippen MR) is 37.1 cm³/mol. The molecule has 0 saturated carbocycles. The number of halogens is 2. The Bertz CT molecular complexity index is 288. The van der Waals surface area contributed by atoms with E-state index in [1.54, 1.807) is 0 Å². The molecule has 0 aliphatic rings. The molecule has 3 heteroatoms. The van der Waals surface area contributed by atoms with E-state index in [4.69, 9.17) is 6.42 Å². The van der Waals surface area contributed by atoms with Crippen LogP contribution in [0.25, 0.3) is 0 Å². The van der Waals surface area contributed by atoms with Gasteiger partial charge in [-0.05, 0) is 12.1 Å². The molecule has 56 valence electrons. The van der Waals surface area contributed by atoms with Crippen LogP contribution in [0.15, 0.2) is 18.2 Å². The van der Waals surface area contributed by atoms with Gasteiger partial charge in [0.15, 0.2) is 0 Å². The Morgan fingerprint density at radius 3 is 2.73 bits per heavy atom. The average Bonchev–Trinajstić information content (AvgIpc) is 2.05. The van der Waals surface area contributed by atoms with Gasteiger partial charge in [-0.25, -0.2) is 13.8 Å². The molecule has 0 atom stereocenters. The number of pyridine rings is 1. The van der Waals surface area contributed by atoms with Gasteiger partial charge in [0, 0.05) is 0 Å². The molecule has 1 rings (SSSR count). The van der Waals surface area contributed by atoms with Crippen molar-refractivity contribution in [1.82, 2.24) is 4.98 Å². The Kier molecular flexibility index (Phi) is 2.17. The number of alkyl halides is 2. The van der Waals surface area contributed by atoms with E-state index in [9.17, 15) is 8.78 Å². The Hall–Kier alpha value is -1.43. The lowest BCUT2D eigenvalue weighted by molar-refractivity contribution is 0.146. The first-order valence-corrected chi connectivity index (χ1v) is 2.96. The minimum Gasteiger partial charge on any atom is -0.238 e. The van der Waals surface area contributed by atoms with Gasteiger partial charge in [0.1, 0.15) is 11.4 Å². The molecule has 0 unspecified atom stereocenters. The van der Waals surface area contributed by atoms with E-state index in [1.165, 1.54) is 18.2 Å². The molecule has 0 fully saturated rings. The zero-order chi connectivity index (χ0) is 8.27. The molecule has 1 aromatic heterocycles. The zero-order valence-corrected chi connectivity index (χ0v) is 5.59. The van der Waals surface area contributed by atoms with Crippen molar-refractivity contribution >= 4 is 0 Å². The van der Waals surface area contributed by atoms with Gasteiger partial charge in [-0.2, -0.15) is 0 Å². The summed E-state index contributed by atoms with van der Waals surface area (Å²) in [7, 11) is 0. The SMILES string of the molecule is C#Cc1cccc(C(F)F)n1. The lowest BCUT2D eigenvalue weighted by atomic mass is 10.3. The van der Waals surface area contributed by atoms with Gasteiger partial charge in [0.05, 0.1) is 0 Å². The van der Waals surface area contributed by atoms with Crippen LogP contribution in [0.5, 0.6) is 0 Å². The summed E-state index contributed by atoms with van der Waals surface area (Å²) in [5.41, 5.74) is -0.0387. The van der Waals surface area contributed by atoms with Crippen LogP contribution in [0.3, 0.4) is 0 Å². The van der Waals surface area contributed by atoms with Crippen LogP contribution in [0.1, 0.15) is 17.8 Å². The molecule has 11 heavy (non-hydrogen) atoms. The number of aromatic nitrogens is 1. The number of nitrogens with zero attached hydrogens (tertiary/aromatic N) is 1. The van der Waals surface area contributed by atoms with Crippen LogP contribution in [-0.2, 0) is 0 Å². The number of rotatable bonds is 1. The van der Waals surface area contributed by atoms with Crippen LogP contribution in [0.4, 0.5) is 8.78 Å². The zero-order valence-electron chi connectivity index (χ0n) is 5.59. The molecule has 0 aliphatic carbocycles. The van der Waals surface area contributed by atoms with Gasteiger partial charge < -0.3 is 0 Å². The summed E-state index contributed by atoms with van der Waals surface area (Å²) in [6.45, 7) is 0. The third-order valence-electron chi connectivity index (χ3n) is 1.14. The maximum atomic E-state index is 12.0. The Balaban J connectivity index is 3.03. The summed E-state index contributed by atoms with van der Waals surface area (Å²) in [6, 6.07) is 4.21. The summed E-state index contributed by atoms with van der Waals surface area (Å²) in [6.07, 6.45) is 2.41. The molecule has 0 bridgehead atoms. The molecule has 0 aromatic carbocycles. The van der Waals surface area contributed by atoms with Crippen molar-refractivity contribution in [2.45, 2.75) is 6.43 Å². The van der Waals surface area contributed by atoms with E-state index in [2.05, 4.69) is 10.9 Å². The van der Waals surface area contributed by atoms with Gasteiger partial charge in [0.2, 0.25) is 0 Å². The van der Waals surface area contributed by atoms with Crippen molar-refractivity contribution in [3.63, 3.8) is 0 Å². The fourth-order valence-corrected chi connectivity index (χ4v) is 0.653. The summed E-state index contributed by atoms with van der Waals surface area (Å²) in [4.78, 5) is 3.50. The predicted octanol–water partition coefficient (Wildman–Crippen LogP) is 2.00. The number of hydrogen-bond acceptors (Lipinski definition) is 1. The first-order chi connectivity index (χ1) is 5.24. The summed E-state index contributed by atoms with van der Waals surface area (Å²) in [5, 5.41) is 0. The van der Waals surface area contributed by atoms with Crippen LogP contribution in [0.2, 0.25) is 0 Å². The average molecular weight is 153 g/mol. The van der Waals surface area contributed by atoms with Crippen molar-refractivity contribution in [1.29, 1.82) is 0 Å².